The molecular weight excluding hydrogens is 278 g/mol. The highest BCUT2D eigenvalue weighted by Crippen LogP contribution is 2.52. The maximum absolute atomic E-state index is 12.8. The standard InChI is InChI=1S/C17H17N3O2/c1-10-9-14(20-22-10)19-16(21)17(7-8-17)15-11(2)18-13-6-4-3-5-12(13)15/h3-6,9,18H,7-8H2,1-2H3,(H,19,20,21). The summed E-state index contributed by atoms with van der Waals surface area (Å²) in [5, 5.41) is 7.87. The monoisotopic (exact) mass is 295 g/mol. The normalized spacial score (nSPS) is 15.9. The molecule has 1 amide bonds. The molecule has 0 bridgehead atoms. The topological polar surface area (TPSA) is 70.9 Å². The third-order valence-electron chi connectivity index (χ3n) is 4.43. The van der Waals surface area contributed by atoms with Crippen LogP contribution in [0.5, 0.6) is 0 Å². The lowest BCUT2D eigenvalue weighted by atomic mass is 9.92. The van der Waals surface area contributed by atoms with Crippen LogP contribution in [0.15, 0.2) is 34.9 Å². The maximum atomic E-state index is 12.8. The van der Waals surface area contributed by atoms with Crippen LogP contribution >= 0.6 is 0 Å². The molecule has 0 spiro atoms. The Balaban J connectivity index is 1.73. The van der Waals surface area contributed by atoms with Crippen LogP contribution in [0, 0.1) is 13.8 Å². The van der Waals surface area contributed by atoms with Gasteiger partial charge in [0.2, 0.25) is 5.91 Å². The number of aromatic nitrogens is 2. The van der Waals surface area contributed by atoms with Crippen molar-refractivity contribution in [1.29, 1.82) is 0 Å². The Bertz CT molecular complexity index is 871. The summed E-state index contributed by atoms with van der Waals surface area (Å²) in [7, 11) is 0. The van der Waals surface area contributed by atoms with Crippen molar-refractivity contribution in [2.45, 2.75) is 32.1 Å². The molecule has 4 rings (SSSR count). The van der Waals surface area contributed by atoms with Crippen LogP contribution in [0.4, 0.5) is 5.82 Å². The molecule has 0 saturated heterocycles. The summed E-state index contributed by atoms with van der Waals surface area (Å²) in [6.07, 6.45) is 1.72. The van der Waals surface area contributed by atoms with E-state index in [2.05, 4.69) is 21.5 Å². The molecule has 112 valence electrons. The molecule has 5 nitrogen and oxygen atoms in total. The van der Waals surface area contributed by atoms with Gasteiger partial charge >= 0.3 is 0 Å². The SMILES string of the molecule is Cc1cc(NC(=O)C2(c3c(C)[nH]c4ccccc34)CC2)no1. The van der Waals surface area contributed by atoms with Crippen LogP contribution < -0.4 is 5.32 Å². The lowest BCUT2D eigenvalue weighted by molar-refractivity contribution is -0.118. The quantitative estimate of drug-likeness (QED) is 0.777. The van der Waals surface area contributed by atoms with E-state index in [9.17, 15) is 4.79 Å². The van der Waals surface area contributed by atoms with Gasteiger partial charge in [-0.2, -0.15) is 0 Å². The van der Waals surface area contributed by atoms with E-state index in [0.29, 0.717) is 11.6 Å². The smallest absolute Gasteiger partial charge is 0.236 e. The summed E-state index contributed by atoms with van der Waals surface area (Å²) in [5.74, 6) is 1.16. The number of nitrogens with one attached hydrogen (secondary N) is 2. The average Bonchev–Trinajstić information content (AvgIpc) is 3.08. The van der Waals surface area contributed by atoms with Crippen molar-refractivity contribution in [3.8, 4) is 0 Å². The van der Waals surface area contributed by atoms with E-state index in [0.717, 1.165) is 35.0 Å². The van der Waals surface area contributed by atoms with E-state index < -0.39 is 5.41 Å². The second-order valence-corrected chi connectivity index (χ2v) is 6.03. The van der Waals surface area contributed by atoms with Crippen molar-refractivity contribution in [1.82, 2.24) is 10.1 Å². The summed E-state index contributed by atoms with van der Waals surface area (Å²) in [4.78, 5) is 16.2. The third kappa shape index (κ3) is 1.85. The minimum atomic E-state index is -0.448. The van der Waals surface area contributed by atoms with Gasteiger partial charge < -0.3 is 14.8 Å². The van der Waals surface area contributed by atoms with E-state index in [4.69, 9.17) is 4.52 Å². The summed E-state index contributed by atoms with van der Waals surface area (Å²) in [6.45, 7) is 3.84. The van der Waals surface area contributed by atoms with Crippen molar-refractivity contribution in [3.05, 3.63) is 47.3 Å². The summed E-state index contributed by atoms with van der Waals surface area (Å²) < 4.78 is 5.01. The number of nitrogens with zero attached hydrogens (tertiary/aromatic N) is 1. The molecule has 0 unspecified atom stereocenters. The number of para-hydroxylation sites is 1. The lowest BCUT2D eigenvalue weighted by Crippen LogP contribution is -2.28. The molecule has 0 aliphatic heterocycles. The first kappa shape index (κ1) is 13.1. The molecule has 1 saturated carbocycles. The van der Waals surface area contributed by atoms with Crippen molar-refractivity contribution in [2.24, 2.45) is 0 Å². The zero-order chi connectivity index (χ0) is 15.3. The Morgan fingerprint density at radius 1 is 1.32 bits per heavy atom. The highest BCUT2D eigenvalue weighted by Gasteiger charge is 2.53. The molecule has 1 aliphatic rings. The number of hydrogen-bond donors (Lipinski definition) is 2. The Labute approximate surface area is 127 Å². The Morgan fingerprint density at radius 3 is 2.77 bits per heavy atom. The van der Waals surface area contributed by atoms with E-state index in [1.54, 1.807) is 13.0 Å². The number of amides is 1. The fraction of sp³-hybridized carbons (Fsp3) is 0.294. The molecule has 3 aromatic rings. The van der Waals surface area contributed by atoms with Gasteiger partial charge in [0, 0.05) is 22.7 Å². The second-order valence-electron chi connectivity index (χ2n) is 6.03. The summed E-state index contributed by atoms with van der Waals surface area (Å²) in [6, 6.07) is 9.85. The maximum Gasteiger partial charge on any atom is 0.236 e. The van der Waals surface area contributed by atoms with Crippen LogP contribution in [-0.2, 0) is 10.2 Å². The molecule has 22 heavy (non-hydrogen) atoms. The van der Waals surface area contributed by atoms with Crippen molar-refractivity contribution >= 4 is 22.6 Å². The number of benzene rings is 1. The number of aromatic amines is 1. The van der Waals surface area contributed by atoms with E-state index in [1.165, 1.54) is 0 Å². The van der Waals surface area contributed by atoms with Gasteiger partial charge in [-0.05, 0) is 38.3 Å². The van der Waals surface area contributed by atoms with Gasteiger partial charge in [-0.3, -0.25) is 4.79 Å². The molecule has 1 aromatic carbocycles. The number of carbonyl (C=O) groups is 1. The fourth-order valence-corrected chi connectivity index (χ4v) is 3.27. The van der Waals surface area contributed by atoms with Gasteiger partial charge in [0.05, 0.1) is 5.41 Å². The molecule has 1 fully saturated rings. The summed E-state index contributed by atoms with van der Waals surface area (Å²) in [5.41, 5.74) is 2.80. The number of hydrogen-bond acceptors (Lipinski definition) is 3. The minimum Gasteiger partial charge on any atom is -0.360 e. The zero-order valence-electron chi connectivity index (χ0n) is 12.6. The number of carbonyl (C=O) groups excluding carboxylic acids is 1. The third-order valence-corrected chi connectivity index (χ3v) is 4.43. The number of H-pyrrole nitrogens is 1. The van der Waals surface area contributed by atoms with Crippen LogP contribution in [-0.4, -0.2) is 16.0 Å². The minimum absolute atomic E-state index is 0.00588. The van der Waals surface area contributed by atoms with Gasteiger partial charge in [-0.25, -0.2) is 0 Å². The van der Waals surface area contributed by atoms with Gasteiger partial charge in [-0.15, -0.1) is 0 Å². The number of aryl methyl sites for hydroxylation is 2. The number of fused-ring (bicyclic) bond motifs is 1. The van der Waals surface area contributed by atoms with Crippen LogP contribution in [0.1, 0.15) is 29.9 Å². The zero-order valence-corrected chi connectivity index (χ0v) is 12.6. The van der Waals surface area contributed by atoms with Gasteiger partial charge in [-0.1, -0.05) is 23.4 Å². The molecular formula is C17H17N3O2. The van der Waals surface area contributed by atoms with E-state index in [-0.39, 0.29) is 5.91 Å². The molecule has 0 atom stereocenters. The summed E-state index contributed by atoms with van der Waals surface area (Å²) >= 11 is 0. The lowest BCUT2D eigenvalue weighted by Gasteiger charge is -2.15. The van der Waals surface area contributed by atoms with Crippen molar-refractivity contribution < 1.29 is 9.32 Å². The molecule has 2 aromatic heterocycles. The van der Waals surface area contributed by atoms with Crippen LogP contribution in [0.25, 0.3) is 10.9 Å². The van der Waals surface area contributed by atoms with Gasteiger partial charge in [0.25, 0.3) is 0 Å². The Morgan fingerprint density at radius 2 is 2.09 bits per heavy atom. The first-order valence-electron chi connectivity index (χ1n) is 7.43. The largest absolute Gasteiger partial charge is 0.360 e. The Kier molecular flexibility index (Phi) is 2.66. The molecule has 0 radical (unpaired) electrons. The first-order valence-corrected chi connectivity index (χ1v) is 7.43. The molecule has 2 N–H and O–H groups in total. The predicted molar refractivity (Wildman–Crippen MR) is 83.8 cm³/mol. The fourth-order valence-electron chi connectivity index (χ4n) is 3.27. The van der Waals surface area contributed by atoms with E-state index >= 15 is 0 Å². The van der Waals surface area contributed by atoms with Gasteiger partial charge in [0.15, 0.2) is 5.82 Å². The molecule has 2 heterocycles. The number of rotatable bonds is 3. The van der Waals surface area contributed by atoms with E-state index in [1.807, 2.05) is 25.1 Å². The first-order chi connectivity index (χ1) is 10.6. The average molecular weight is 295 g/mol. The molecule has 5 heteroatoms. The highest BCUT2D eigenvalue weighted by molar-refractivity contribution is 6.04. The van der Waals surface area contributed by atoms with Gasteiger partial charge in [0.1, 0.15) is 5.76 Å². The molecule has 1 aliphatic carbocycles. The highest BCUT2D eigenvalue weighted by atomic mass is 16.5. The van der Waals surface area contributed by atoms with Crippen LogP contribution in [0.3, 0.4) is 0 Å². The van der Waals surface area contributed by atoms with Crippen molar-refractivity contribution in [2.75, 3.05) is 5.32 Å². The van der Waals surface area contributed by atoms with Crippen LogP contribution in [0.2, 0.25) is 0 Å². The van der Waals surface area contributed by atoms with Crippen molar-refractivity contribution in [3.63, 3.8) is 0 Å². The second kappa shape index (κ2) is 4.47. The Hall–Kier alpha value is -2.56. The predicted octanol–water partition coefficient (Wildman–Crippen LogP) is 3.44. The number of anilines is 1.